The third kappa shape index (κ3) is 3.08. The minimum atomic E-state index is -4.30. The fraction of sp³-hybridized carbons (Fsp3) is 0.667. The summed E-state index contributed by atoms with van der Waals surface area (Å²) in [5, 5.41) is 3.33. The minimum Gasteiger partial charge on any atom is -0.460 e. The van der Waals surface area contributed by atoms with Crippen molar-refractivity contribution in [2.24, 2.45) is 0 Å². The fourth-order valence-electron chi connectivity index (χ4n) is 1.49. The number of alkyl halides is 3. The van der Waals surface area contributed by atoms with Crippen LogP contribution in [0.4, 0.5) is 13.2 Å². The van der Waals surface area contributed by atoms with Crippen molar-refractivity contribution in [3.8, 4) is 5.19 Å². The van der Waals surface area contributed by atoms with Gasteiger partial charge < -0.3 is 10.1 Å². The largest absolute Gasteiger partial charge is 0.460 e. The van der Waals surface area contributed by atoms with Crippen LogP contribution in [0.2, 0.25) is 0 Å². The number of aromatic nitrogens is 1. The van der Waals surface area contributed by atoms with Gasteiger partial charge in [0.2, 0.25) is 0 Å². The van der Waals surface area contributed by atoms with Gasteiger partial charge in [-0.15, -0.1) is 0 Å². The molecule has 0 bridgehead atoms. The van der Waals surface area contributed by atoms with Crippen molar-refractivity contribution in [2.45, 2.75) is 19.0 Å². The van der Waals surface area contributed by atoms with Gasteiger partial charge >= 0.3 is 6.18 Å². The molecule has 1 N–H and O–H groups in total. The molecule has 90 valence electrons. The summed E-state index contributed by atoms with van der Waals surface area (Å²) >= 11 is 1.22. The van der Waals surface area contributed by atoms with Crippen molar-refractivity contribution < 1.29 is 17.9 Å². The Balaban J connectivity index is 2.01. The molecule has 7 heteroatoms. The van der Waals surface area contributed by atoms with Crippen LogP contribution in [0.25, 0.3) is 0 Å². The zero-order chi connectivity index (χ0) is 11.6. The number of nitrogens with zero attached hydrogens (tertiary/aromatic N) is 1. The molecule has 0 aliphatic carbocycles. The third-order valence-corrected chi connectivity index (χ3v) is 3.26. The molecule has 0 amide bonds. The first-order chi connectivity index (χ1) is 7.54. The van der Waals surface area contributed by atoms with Gasteiger partial charge in [0.25, 0.3) is 5.19 Å². The first-order valence-corrected chi connectivity index (χ1v) is 5.75. The van der Waals surface area contributed by atoms with E-state index in [0.29, 0.717) is 0 Å². The SMILES string of the molecule is FC(F)(F)COc1nc2c(s1)CCNCC2. The summed E-state index contributed by atoms with van der Waals surface area (Å²) in [5.41, 5.74) is 0.868. The van der Waals surface area contributed by atoms with Gasteiger partial charge in [-0.25, -0.2) is 4.98 Å². The van der Waals surface area contributed by atoms with Crippen molar-refractivity contribution in [3.05, 3.63) is 10.6 Å². The molecule has 3 nitrogen and oxygen atoms in total. The van der Waals surface area contributed by atoms with Gasteiger partial charge in [-0.2, -0.15) is 13.2 Å². The molecule has 2 heterocycles. The summed E-state index contributed by atoms with van der Waals surface area (Å²) in [6.07, 6.45) is -2.74. The first kappa shape index (κ1) is 11.7. The second-order valence-corrected chi connectivity index (χ2v) is 4.55. The van der Waals surface area contributed by atoms with E-state index < -0.39 is 12.8 Å². The zero-order valence-electron chi connectivity index (χ0n) is 8.43. The molecule has 2 rings (SSSR count). The standard InChI is InChI=1S/C9H11F3N2OS/c10-9(11,12)5-15-8-14-6-1-3-13-4-2-7(6)16-8/h13H,1-5H2. The van der Waals surface area contributed by atoms with E-state index in [1.807, 2.05) is 0 Å². The quantitative estimate of drug-likeness (QED) is 0.871. The molecule has 0 saturated carbocycles. The highest BCUT2D eigenvalue weighted by Gasteiger charge is 2.29. The Hall–Kier alpha value is -0.820. The number of hydrogen-bond acceptors (Lipinski definition) is 4. The Morgan fingerprint density at radius 3 is 2.81 bits per heavy atom. The molecule has 0 atom stereocenters. The van der Waals surface area contributed by atoms with Crippen LogP contribution in [0, 0.1) is 0 Å². The van der Waals surface area contributed by atoms with Gasteiger partial charge in [0.05, 0.1) is 5.69 Å². The molecule has 0 aromatic carbocycles. The molecule has 0 spiro atoms. The molecular weight excluding hydrogens is 241 g/mol. The average molecular weight is 252 g/mol. The second-order valence-electron chi connectivity index (χ2n) is 3.50. The van der Waals surface area contributed by atoms with Crippen LogP contribution in [-0.2, 0) is 12.8 Å². The third-order valence-electron chi connectivity index (χ3n) is 2.19. The van der Waals surface area contributed by atoms with E-state index in [0.717, 1.165) is 36.5 Å². The highest BCUT2D eigenvalue weighted by atomic mass is 32.1. The first-order valence-electron chi connectivity index (χ1n) is 4.93. The van der Waals surface area contributed by atoms with Gasteiger partial charge in [0.15, 0.2) is 6.61 Å². The highest BCUT2D eigenvalue weighted by Crippen LogP contribution is 2.28. The lowest BCUT2D eigenvalue weighted by atomic mass is 10.2. The maximum Gasteiger partial charge on any atom is 0.422 e. The van der Waals surface area contributed by atoms with Crippen molar-refractivity contribution in [2.75, 3.05) is 19.7 Å². The number of thiazole rings is 1. The molecule has 1 aliphatic rings. The van der Waals surface area contributed by atoms with Crippen LogP contribution in [-0.4, -0.2) is 30.9 Å². The Morgan fingerprint density at radius 2 is 2.06 bits per heavy atom. The van der Waals surface area contributed by atoms with Gasteiger partial charge in [-0.3, -0.25) is 0 Å². The summed E-state index contributed by atoms with van der Waals surface area (Å²) in [6.45, 7) is 0.390. The van der Waals surface area contributed by atoms with Crippen molar-refractivity contribution in [1.82, 2.24) is 10.3 Å². The number of fused-ring (bicyclic) bond motifs is 1. The van der Waals surface area contributed by atoms with E-state index >= 15 is 0 Å². The number of nitrogens with one attached hydrogen (secondary N) is 1. The molecule has 0 saturated heterocycles. The molecule has 0 radical (unpaired) electrons. The van der Waals surface area contributed by atoms with Crippen LogP contribution >= 0.6 is 11.3 Å². The van der Waals surface area contributed by atoms with Crippen LogP contribution < -0.4 is 10.1 Å². The summed E-state index contributed by atoms with van der Waals surface area (Å²) in [4.78, 5) is 5.10. The molecule has 1 aromatic rings. The second kappa shape index (κ2) is 4.58. The Morgan fingerprint density at radius 1 is 1.31 bits per heavy atom. The lowest BCUT2D eigenvalue weighted by molar-refractivity contribution is -0.153. The summed E-state index contributed by atoms with van der Waals surface area (Å²) in [7, 11) is 0. The van der Waals surface area contributed by atoms with E-state index in [9.17, 15) is 13.2 Å². The average Bonchev–Trinajstić information content (AvgIpc) is 2.45. The molecule has 1 aliphatic heterocycles. The Kier molecular flexibility index (Phi) is 3.34. The van der Waals surface area contributed by atoms with E-state index in [1.54, 1.807) is 0 Å². The number of ether oxygens (including phenoxy) is 1. The van der Waals surface area contributed by atoms with Crippen molar-refractivity contribution >= 4 is 11.3 Å². The van der Waals surface area contributed by atoms with Gasteiger partial charge in [-0.1, -0.05) is 11.3 Å². The number of hydrogen-bond donors (Lipinski definition) is 1. The van der Waals surface area contributed by atoms with E-state index in [-0.39, 0.29) is 5.19 Å². The van der Waals surface area contributed by atoms with E-state index in [1.165, 1.54) is 11.3 Å². The van der Waals surface area contributed by atoms with Gasteiger partial charge in [-0.05, 0) is 6.42 Å². The summed E-state index contributed by atoms with van der Waals surface area (Å²) in [5.74, 6) is 0. The van der Waals surface area contributed by atoms with Crippen LogP contribution in [0.1, 0.15) is 10.6 Å². The van der Waals surface area contributed by atoms with E-state index in [2.05, 4.69) is 15.0 Å². The van der Waals surface area contributed by atoms with E-state index in [4.69, 9.17) is 0 Å². The van der Waals surface area contributed by atoms with Crippen molar-refractivity contribution in [1.29, 1.82) is 0 Å². The number of rotatable bonds is 2. The molecule has 16 heavy (non-hydrogen) atoms. The van der Waals surface area contributed by atoms with Crippen LogP contribution in [0.3, 0.4) is 0 Å². The Bertz CT molecular complexity index is 341. The fourth-order valence-corrected chi connectivity index (χ4v) is 2.44. The monoisotopic (exact) mass is 252 g/mol. The maximum atomic E-state index is 11.9. The molecule has 1 aromatic heterocycles. The van der Waals surface area contributed by atoms with Crippen LogP contribution in [0.15, 0.2) is 0 Å². The predicted molar refractivity (Wildman–Crippen MR) is 53.9 cm³/mol. The molecule has 0 fully saturated rings. The van der Waals surface area contributed by atoms with Gasteiger partial charge in [0.1, 0.15) is 0 Å². The van der Waals surface area contributed by atoms with Crippen molar-refractivity contribution in [3.63, 3.8) is 0 Å². The lowest BCUT2D eigenvalue weighted by Gasteiger charge is -2.05. The number of halogens is 3. The minimum absolute atomic E-state index is 0.129. The Labute approximate surface area is 94.6 Å². The topological polar surface area (TPSA) is 34.1 Å². The van der Waals surface area contributed by atoms with Crippen LogP contribution in [0.5, 0.6) is 5.19 Å². The molecular formula is C9H11F3N2OS. The molecule has 0 unspecified atom stereocenters. The zero-order valence-corrected chi connectivity index (χ0v) is 9.25. The summed E-state index contributed by atoms with van der Waals surface area (Å²) in [6, 6.07) is 0. The lowest BCUT2D eigenvalue weighted by Crippen LogP contribution is -2.19. The maximum absolute atomic E-state index is 11.9. The smallest absolute Gasteiger partial charge is 0.422 e. The normalized spacial score (nSPS) is 16.7. The van der Waals surface area contributed by atoms with Gasteiger partial charge in [0, 0.05) is 24.4 Å². The highest BCUT2D eigenvalue weighted by molar-refractivity contribution is 7.13. The summed E-state index contributed by atoms with van der Waals surface area (Å²) < 4.78 is 40.4. The predicted octanol–water partition coefficient (Wildman–Crippen LogP) is 1.77.